The van der Waals surface area contributed by atoms with Gasteiger partial charge in [0, 0.05) is 19.0 Å². The van der Waals surface area contributed by atoms with E-state index in [-0.39, 0.29) is 12.2 Å². The van der Waals surface area contributed by atoms with Crippen LogP contribution >= 0.6 is 0 Å². The molecule has 2 aromatic rings. The average molecular weight is 387 g/mol. The highest BCUT2D eigenvalue weighted by Gasteiger charge is 2.32. The number of nitrogens with one attached hydrogen (secondary N) is 1. The quantitative estimate of drug-likeness (QED) is 0.765. The van der Waals surface area contributed by atoms with E-state index in [1.54, 1.807) is 24.7 Å². The van der Waals surface area contributed by atoms with Crippen LogP contribution in [-0.4, -0.2) is 40.5 Å². The van der Waals surface area contributed by atoms with Crippen LogP contribution in [-0.2, 0) is 27.8 Å². The van der Waals surface area contributed by atoms with E-state index in [0.717, 1.165) is 17.7 Å². The van der Waals surface area contributed by atoms with E-state index in [1.807, 2.05) is 32.9 Å². The van der Waals surface area contributed by atoms with Crippen LogP contribution in [0.2, 0.25) is 0 Å². The maximum absolute atomic E-state index is 12.0. The molecule has 8 nitrogen and oxygen atoms in total. The van der Waals surface area contributed by atoms with E-state index in [4.69, 9.17) is 14.2 Å². The maximum Gasteiger partial charge on any atom is 0.344 e. The number of benzene rings is 1. The predicted molar refractivity (Wildman–Crippen MR) is 103 cm³/mol. The third-order valence-corrected chi connectivity index (χ3v) is 4.54. The molecule has 1 N–H and O–H groups in total. The number of anilines is 1. The van der Waals surface area contributed by atoms with Gasteiger partial charge in [0.25, 0.3) is 5.91 Å². The fourth-order valence-electron chi connectivity index (χ4n) is 3.16. The number of ether oxygens (including phenoxy) is 3. The van der Waals surface area contributed by atoms with E-state index in [0.29, 0.717) is 22.9 Å². The molecule has 3 rings (SSSR count). The summed E-state index contributed by atoms with van der Waals surface area (Å²) in [5, 5.41) is 6.93. The molecule has 0 aliphatic carbocycles. The van der Waals surface area contributed by atoms with Crippen LogP contribution in [0.15, 0.2) is 18.2 Å². The summed E-state index contributed by atoms with van der Waals surface area (Å²) in [5.41, 5.74) is 2.88. The molecule has 1 aliphatic heterocycles. The predicted octanol–water partition coefficient (Wildman–Crippen LogP) is 2.31. The second-order valence-electron chi connectivity index (χ2n) is 7.45. The van der Waals surface area contributed by atoms with E-state index >= 15 is 0 Å². The largest absolute Gasteiger partial charge is 0.483 e. The summed E-state index contributed by atoms with van der Waals surface area (Å²) < 4.78 is 18.1. The van der Waals surface area contributed by atoms with Gasteiger partial charge in [0.05, 0.1) is 17.1 Å². The molecule has 0 saturated heterocycles. The van der Waals surface area contributed by atoms with Gasteiger partial charge >= 0.3 is 5.97 Å². The Balaban J connectivity index is 1.49. The molecule has 8 heteroatoms. The SMILES string of the molecule is Cc1nn(C)c(C)c1NC(=O)COC(=O)COc1cccc2c1OC(C)(C)C2. The highest BCUT2D eigenvalue weighted by Crippen LogP contribution is 2.41. The lowest BCUT2D eigenvalue weighted by Gasteiger charge is -2.18. The molecular weight excluding hydrogens is 362 g/mol. The van der Waals surface area contributed by atoms with Gasteiger partial charge in [-0.1, -0.05) is 12.1 Å². The highest BCUT2D eigenvalue weighted by atomic mass is 16.6. The van der Waals surface area contributed by atoms with Crippen LogP contribution in [0.1, 0.15) is 30.8 Å². The average Bonchev–Trinajstić information content (AvgIpc) is 3.07. The van der Waals surface area contributed by atoms with Crippen LogP contribution in [0.3, 0.4) is 0 Å². The lowest BCUT2D eigenvalue weighted by molar-refractivity contribution is -0.149. The zero-order valence-corrected chi connectivity index (χ0v) is 16.8. The van der Waals surface area contributed by atoms with Crippen molar-refractivity contribution in [3.05, 3.63) is 35.2 Å². The third-order valence-electron chi connectivity index (χ3n) is 4.54. The van der Waals surface area contributed by atoms with E-state index in [1.165, 1.54) is 0 Å². The third kappa shape index (κ3) is 4.27. The summed E-state index contributed by atoms with van der Waals surface area (Å²) >= 11 is 0. The normalized spacial score (nSPS) is 14.2. The van der Waals surface area contributed by atoms with Crippen molar-refractivity contribution in [3.8, 4) is 11.5 Å². The summed E-state index contributed by atoms with van der Waals surface area (Å²) in [7, 11) is 1.79. The first-order valence-electron chi connectivity index (χ1n) is 9.05. The van der Waals surface area contributed by atoms with Crippen molar-refractivity contribution in [1.82, 2.24) is 9.78 Å². The monoisotopic (exact) mass is 387 g/mol. The van der Waals surface area contributed by atoms with Gasteiger partial charge < -0.3 is 19.5 Å². The fraction of sp³-hybridized carbons (Fsp3) is 0.450. The molecule has 28 heavy (non-hydrogen) atoms. The van der Waals surface area contributed by atoms with Gasteiger partial charge in [-0.3, -0.25) is 9.48 Å². The minimum atomic E-state index is -0.635. The summed E-state index contributed by atoms with van der Waals surface area (Å²) in [6.07, 6.45) is 0.775. The zero-order valence-electron chi connectivity index (χ0n) is 16.8. The molecule has 2 heterocycles. The van der Waals surface area contributed by atoms with Gasteiger partial charge in [-0.15, -0.1) is 0 Å². The highest BCUT2D eigenvalue weighted by molar-refractivity contribution is 5.93. The molecule has 0 bridgehead atoms. The molecule has 1 amide bonds. The standard InChI is InChI=1S/C20H25N3O5/c1-12-18(13(2)23(5)22-12)21-16(24)10-27-17(25)11-26-15-8-6-7-14-9-20(3,4)28-19(14)15/h6-8H,9-11H2,1-5H3,(H,21,24). The smallest absolute Gasteiger partial charge is 0.344 e. The van der Waals surface area contributed by atoms with Gasteiger partial charge in [0.1, 0.15) is 5.60 Å². The lowest BCUT2D eigenvalue weighted by Crippen LogP contribution is -2.25. The van der Waals surface area contributed by atoms with Crippen molar-refractivity contribution in [2.75, 3.05) is 18.5 Å². The Morgan fingerprint density at radius 3 is 2.71 bits per heavy atom. The van der Waals surface area contributed by atoms with Gasteiger partial charge in [-0.05, 0) is 33.8 Å². The molecule has 0 spiro atoms. The van der Waals surface area contributed by atoms with Crippen molar-refractivity contribution in [3.63, 3.8) is 0 Å². The Bertz CT molecular complexity index is 917. The molecule has 1 aliphatic rings. The van der Waals surface area contributed by atoms with Crippen molar-refractivity contribution in [2.45, 2.75) is 39.7 Å². The van der Waals surface area contributed by atoms with Crippen LogP contribution in [0.25, 0.3) is 0 Å². The number of fused-ring (bicyclic) bond motifs is 1. The topological polar surface area (TPSA) is 91.7 Å². The fourth-order valence-corrected chi connectivity index (χ4v) is 3.16. The first-order valence-corrected chi connectivity index (χ1v) is 9.05. The van der Waals surface area contributed by atoms with Crippen LogP contribution < -0.4 is 14.8 Å². The Labute approximate surface area is 163 Å². The number of amides is 1. The Morgan fingerprint density at radius 1 is 1.29 bits per heavy atom. The lowest BCUT2D eigenvalue weighted by atomic mass is 10.0. The number of hydrogen-bond acceptors (Lipinski definition) is 6. The number of carbonyl (C=O) groups is 2. The molecule has 0 fully saturated rings. The molecule has 1 aromatic carbocycles. The Morgan fingerprint density at radius 2 is 2.04 bits per heavy atom. The molecule has 0 saturated carbocycles. The second kappa shape index (κ2) is 7.53. The Kier molecular flexibility index (Phi) is 5.31. The first-order chi connectivity index (χ1) is 13.2. The number of carbonyl (C=O) groups excluding carboxylic acids is 2. The minimum absolute atomic E-state index is 0.303. The number of aryl methyl sites for hydroxylation is 2. The van der Waals surface area contributed by atoms with Crippen LogP contribution in [0, 0.1) is 13.8 Å². The summed E-state index contributed by atoms with van der Waals surface area (Å²) in [5.74, 6) is 0.0783. The number of rotatable bonds is 6. The van der Waals surface area contributed by atoms with E-state index in [9.17, 15) is 9.59 Å². The number of hydrogen-bond donors (Lipinski definition) is 1. The van der Waals surface area contributed by atoms with Gasteiger partial charge in [-0.2, -0.15) is 5.10 Å². The van der Waals surface area contributed by atoms with Crippen molar-refractivity contribution in [2.24, 2.45) is 7.05 Å². The maximum atomic E-state index is 12.0. The number of aromatic nitrogens is 2. The van der Waals surface area contributed by atoms with Crippen molar-refractivity contribution < 1.29 is 23.8 Å². The van der Waals surface area contributed by atoms with E-state index in [2.05, 4.69) is 10.4 Å². The molecule has 0 radical (unpaired) electrons. The van der Waals surface area contributed by atoms with Crippen molar-refractivity contribution in [1.29, 1.82) is 0 Å². The molecule has 1 aromatic heterocycles. The summed E-state index contributed by atoms with van der Waals surface area (Å²) in [4.78, 5) is 24.0. The summed E-state index contributed by atoms with van der Waals surface area (Å²) in [6.45, 7) is 6.93. The minimum Gasteiger partial charge on any atom is -0.483 e. The molecule has 0 atom stereocenters. The van der Waals surface area contributed by atoms with Crippen LogP contribution in [0.4, 0.5) is 5.69 Å². The molecular formula is C20H25N3O5. The van der Waals surface area contributed by atoms with Gasteiger partial charge in [0.15, 0.2) is 24.7 Å². The second-order valence-corrected chi connectivity index (χ2v) is 7.45. The van der Waals surface area contributed by atoms with Gasteiger partial charge in [0.2, 0.25) is 0 Å². The van der Waals surface area contributed by atoms with E-state index < -0.39 is 18.5 Å². The molecule has 150 valence electrons. The van der Waals surface area contributed by atoms with Gasteiger partial charge in [-0.25, -0.2) is 4.79 Å². The molecule has 0 unspecified atom stereocenters. The zero-order chi connectivity index (χ0) is 20.5. The number of para-hydroxylation sites is 1. The number of nitrogens with zero attached hydrogens (tertiary/aromatic N) is 2. The number of esters is 1. The first kappa shape index (κ1) is 19.7. The van der Waals surface area contributed by atoms with Crippen LogP contribution in [0.5, 0.6) is 11.5 Å². The Hall–Kier alpha value is -3.03. The summed E-state index contributed by atoms with van der Waals surface area (Å²) in [6, 6.07) is 5.58. The van der Waals surface area contributed by atoms with Crippen molar-refractivity contribution >= 4 is 17.6 Å².